The van der Waals surface area contributed by atoms with Crippen LogP contribution in [-0.2, 0) is 6.54 Å². The van der Waals surface area contributed by atoms with E-state index in [1.807, 2.05) is 24.1 Å². The summed E-state index contributed by atoms with van der Waals surface area (Å²) in [5.74, 6) is 0. The van der Waals surface area contributed by atoms with Gasteiger partial charge in [-0.25, -0.2) is 4.98 Å². The smallest absolute Gasteiger partial charge is 0.133 e. The first-order valence-corrected chi connectivity index (χ1v) is 4.93. The minimum Gasteiger partial charge on any atom is -0.392 e. The molecule has 1 atom stereocenters. The number of likely N-dealkylation sites (N-methyl/N-ethyl adjacent to an activating group) is 1. The zero-order valence-corrected chi connectivity index (χ0v) is 9.20. The molecule has 0 spiro atoms. The van der Waals surface area contributed by atoms with Crippen molar-refractivity contribution in [1.82, 2.24) is 9.88 Å². The Morgan fingerprint density at radius 2 is 2.36 bits per heavy atom. The van der Waals surface area contributed by atoms with E-state index in [-0.39, 0.29) is 6.10 Å². The Bertz CT molecular complexity index is 291. The molecule has 0 radical (unpaired) electrons. The number of aliphatic hydroxyl groups excluding tert-OH is 1. The van der Waals surface area contributed by atoms with Gasteiger partial charge < -0.3 is 5.11 Å². The van der Waals surface area contributed by atoms with E-state index in [1.54, 1.807) is 13.1 Å². The Morgan fingerprint density at radius 3 is 2.93 bits per heavy atom. The minimum atomic E-state index is -0.324. The van der Waals surface area contributed by atoms with E-state index >= 15 is 0 Å². The van der Waals surface area contributed by atoms with Gasteiger partial charge in [-0.3, -0.25) is 4.90 Å². The van der Waals surface area contributed by atoms with Gasteiger partial charge in [0.05, 0.1) is 6.10 Å². The van der Waals surface area contributed by atoms with E-state index < -0.39 is 0 Å². The molecule has 0 fully saturated rings. The van der Waals surface area contributed by atoms with Gasteiger partial charge in [-0.1, -0.05) is 17.7 Å². The maximum Gasteiger partial charge on any atom is 0.133 e. The van der Waals surface area contributed by atoms with Crippen LogP contribution < -0.4 is 0 Å². The van der Waals surface area contributed by atoms with Crippen LogP contribution in [-0.4, -0.2) is 34.7 Å². The fraction of sp³-hybridized carbons (Fsp3) is 0.500. The number of hydrogen-bond acceptors (Lipinski definition) is 3. The molecular weight excluding hydrogens is 200 g/mol. The third-order valence-corrected chi connectivity index (χ3v) is 2.19. The third-order valence-electron chi connectivity index (χ3n) is 1.85. The number of rotatable bonds is 4. The minimum absolute atomic E-state index is 0.324. The number of aliphatic hydroxyl groups is 1. The quantitative estimate of drug-likeness (QED) is 0.773. The highest BCUT2D eigenvalue weighted by Gasteiger charge is 2.06. The molecule has 1 aromatic heterocycles. The van der Waals surface area contributed by atoms with Gasteiger partial charge in [-0.05, 0) is 20.0 Å². The number of nitrogens with zero attached hydrogens (tertiary/aromatic N) is 2. The third kappa shape index (κ3) is 3.62. The fourth-order valence-corrected chi connectivity index (χ4v) is 1.52. The molecule has 0 bridgehead atoms. The summed E-state index contributed by atoms with van der Waals surface area (Å²) in [4.78, 5) is 6.00. The molecule has 1 rings (SSSR count). The molecule has 1 unspecified atom stereocenters. The summed E-state index contributed by atoms with van der Waals surface area (Å²) >= 11 is 5.90. The summed E-state index contributed by atoms with van der Waals surface area (Å²) in [6.07, 6.45) is 1.34. The molecule has 0 aromatic carbocycles. The topological polar surface area (TPSA) is 36.4 Å². The molecule has 0 aliphatic heterocycles. The molecule has 1 heterocycles. The van der Waals surface area contributed by atoms with E-state index in [4.69, 9.17) is 11.6 Å². The largest absolute Gasteiger partial charge is 0.392 e. The van der Waals surface area contributed by atoms with Crippen LogP contribution in [0.2, 0.25) is 5.15 Å². The molecule has 78 valence electrons. The molecule has 1 aromatic rings. The number of pyridine rings is 1. The Morgan fingerprint density at radius 1 is 1.64 bits per heavy atom. The van der Waals surface area contributed by atoms with Crippen LogP contribution in [0.1, 0.15) is 12.5 Å². The molecule has 0 aliphatic rings. The Balaban J connectivity index is 2.56. The van der Waals surface area contributed by atoms with Crippen LogP contribution >= 0.6 is 11.6 Å². The second-order valence-corrected chi connectivity index (χ2v) is 3.86. The summed E-state index contributed by atoms with van der Waals surface area (Å²) in [6.45, 7) is 3.10. The van der Waals surface area contributed by atoms with Crippen molar-refractivity contribution in [1.29, 1.82) is 0 Å². The summed E-state index contributed by atoms with van der Waals surface area (Å²) in [5, 5.41) is 9.71. The highest BCUT2D eigenvalue weighted by atomic mass is 35.5. The van der Waals surface area contributed by atoms with Gasteiger partial charge in [-0.2, -0.15) is 0 Å². The molecule has 14 heavy (non-hydrogen) atoms. The van der Waals surface area contributed by atoms with Gasteiger partial charge in [0.25, 0.3) is 0 Å². The number of hydrogen-bond donors (Lipinski definition) is 1. The lowest BCUT2D eigenvalue weighted by Gasteiger charge is -2.18. The predicted molar refractivity (Wildman–Crippen MR) is 57.3 cm³/mol. The monoisotopic (exact) mass is 214 g/mol. The van der Waals surface area contributed by atoms with Crippen molar-refractivity contribution in [2.75, 3.05) is 13.6 Å². The van der Waals surface area contributed by atoms with Crippen LogP contribution in [0.4, 0.5) is 0 Å². The van der Waals surface area contributed by atoms with Crippen LogP contribution in [0.15, 0.2) is 18.3 Å². The normalized spacial score (nSPS) is 13.2. The van der Waals surface area contributed by atoms with Crippen LogP contribution in [0.25, 0.3) is 0 Å². The maximum absolute atomic E-state index is 9.18. The van der Waals surface area contributed by atoms with Crippen molar-refractivity contribution < 1.29 is 5.11 Å². The maximum atomic E-state index is 9.18. The van der Waals surface area contributed by atoms with Crippen molar-refractivity contribution in [3.8, 4) is 0 Å². The first kappa shape index (κ1) is 11.4. The van der Waals surface area contributed by atoms with Crippen molar-refractivity contribution >= 4 is 11.6 Å². The molecule has 4 heteroatoms. The summed E-state index contributed by atoms with van der Waals surface area (Å²) in [7, 11) is 1.94. The van der Waals surface area contributed by atoms with Gasteiger partial charge in [0, 0.05) is 24.8 Å². The molecule has 0 saturated carbocycles. The highest BCUT2D eigenvalue weighted by Crippen LogP contribution is 2.13. The van der Waals surface area contributed by atoms with E-state index in [9.17, 15) is 5.11 Å². The van der Waals surface area contributed by atoms with Gasteiger partial charge >= 0.3 is 0 Å². The summed E-state index contributed by atoms with van der Waals surface area (Å²) in [5.41, 5.74) is 0.984. The SMILES string of the molecule is CC(O)CN(C)Cc1cccnc1Cl. The van der Waals surface area contributed by atoms with Crippen molar-refractivity contribution in [3.63, 3.8) is 0 Å². The van der Waals surface area contributed by atoms with Crippen LogP contribution in [0.5, 0.6) is 0 Å². The van der Waals surface area contributed by atoms with Crippen molar-refractivity contribution in [2.45, 2.75) is 19.6 Å². The molecule has 0 amide bonds. The molecule has 0 aliphatic carbocycles. The Kier molecular flexibility index (Phi) is 4.32. The zero-order valence-electron chi connectivity index (χ0n) is 8.44. The first-order valence-electron chi connectivity index (χ1n) is 4.55. The zero-order chi connectivity index (χ0) is 10.6. The summed E-state index contributed by atoms with van der Waals surface area (Å²) < 4.78 is 0. The Hall–Kier alpha value is -0.640. The van der Waals surface area contributed by atoms with Crippen LogP contribution in [0, 0.1) is 0 Å². The second-order valence-electron chi connectivity index (χ2n) is 3.50. The van der Waals surface area contributed by atoms with E-state index in [2.05, 4.69) is 4.98 Å². The van der Waals surface area contributed by atoms with Crippen molar-refractivity contribution in [3.05, 3.63) is 29.0 Å². The van der Waals surface area contributed by atoms with E-state index in [0.29, 0.717) is 18.2 Å². The van der Waals surface area contributed by atoms with E-state index in [0.717, 1.165) is 5.56 Å². The lowest BCUT2D eigenvalue weighted by atomic mass is 10.2. The van der Waals surface area contributed by atoms with Gasteiger partial charge in [0.15, 0.2) is 0 Å². The lowest BCUT2D eigenvalue weighted by Crippen LogP contribution is -2.26. The predicted octanol–water partition coefficient (Wildman–Crippen LogP) is 1.55. The number of aromatic nitrogens is 1. The van der Waals surface area contributed by atoms with Gasteiger partial charge in [-0.15, -0.1) is 0 Å². The molecule has 0 saturated heterocycles. The lowest BCUT2D eigenvalue weighted by molar-refractivity contribution is 0.138. The second kappa shape index (κ2) is 5.29. The highest BCUT2D eigenvalue weighted by molar-refractivity contribution is 6.30. The standard InChI is InChI=1S/C10H15ClN2O/c1-8(14)6-13(2)7-9-4-3-5-12-10(9)11/h3-5,8,14H,6-7H2,1-2H3. The van der Waals surface area contributed by atoms with Crippen LogP contribution in [0.3, 0.4) is 0 Å². The average Bonchev–Trinajstić information content (AvgIpc) is 2.07. The van der Waals surface area contributed by atoms with Gasteiger partial charge in [0.1, 0.15) is 5.15 Å². The number of halogens is 1. The van der Waals surface area contributed by atoms with Crippen molar-refractivity contribution in [2.24, 2.45) is 0 Å². The van der Waals surface area contributed by atoms with Gasteiger partial charge in [0.2, 0.25) is 0 Å². The molecule has 3 nitrogen and oxygen atoms in total. The molecular formula is C10H15ClN2O. The Labute approximate surface area is 89.3 Å². The molecule has 1 N–H and O–H groups in total. The first-order chi connectivity index (χ1) is 6.59. The summed E-state index contributed by atoms with van der Waals surface area (Å²) in [6, 6.07) is 3.80. The fourth-order valence-electron chi connectivity index (χ4n) is 1.34. The average molecular weight is 215 g/mol. The van der Waals surface area contributed by atoms with E-state index in [1.165, 1.54) is 0 Å².